The number of rotatable bonds is 8. The zero-order valence-corrected chi connectivity index (χ0v) is 13.4. The molecule has 2 aromatic carbocycles. The summed E-state index contributed by atoms with van der Waals surface area (Å²) in [5, 5.41) is 0. The molecule has 0 fully saturated rings. The van der Waals surface area contributed by atoms with Crippen LogP contribution in [0.4, 0.5) is 5.69 Å². The summed E-state index contributed by atoms with van der Waals surface area (Å²) in [6.45, 7) is 6.54. The lowest BCUT2D eigenvalue weighted by molar-refractivity contribution is 0.642. The molecule has 0 spiro atoms. The smallest absolute Gasteiger partial charge is 0.0429 e. The van der Waals surface area contributed by atoms with Crippen LogP contribution in [0.1, 0.15) is 43.7 Å². The second kappa shape index (κ2) is 8.51. The maximum absolute atomic E-state index is 2.50. The molecule has 2 rings (SSSR count). The molecule has 0 atom stereocenters. The molecule has 0 aliphatic heterocycles. The lowest BCUT2D eigenvalue weighted by Crippen LogP contribution is -2.23. The number of hydrogen-bond donors (Lipinski definition) is 0. The number of unbranched alkanes of at least 4 members (excludes halogenated alkanes) is 3. The molecule has 112 valence electrons. The summed E-state index contributed by atoms with van der Waals surface area (Å²) in [5.41, 5.74) is 4.04. The van der Waals surface area contributed by atoms with Gasteiger partial charge >= 0.3 is 0 Å². The number of anilines is 1. The van der Waals surface area contributed by atoms with E-state index in [1.165, 1.54) is 42.5 Å². The summed E-state index contributed by atoms with van der Waals surface area (Å²) in [6.07, 6.45) is 5.23. The molecular formula is C20H27N. The first-order valence-corrected chi connectivity index (χ1v) is 8.15. The molecule has 0 bridgehead atoms. The van der Waals surface area contributed by atoms with Crippen molar-refractivity contribution in [1.82, 2.24) is 0 Å². The molecule has 0 unspecified atom stereocenters. The second-order valence-electron chi connectivity index (χ2n) is 5.80. The first-order valence-electron chi connectivity index (χ1n) is 8.15. The van der Waals surface area contributed by atoms with E-state index in [0.29, 0.717) is 0 Å². The van der Waals surface area contributed by atoms with Gasteiger partial charge in [0.1, 0.15) is 0 Å². The van der Waals surface area contributed by atoms with Crippen molar-refractivity contribution in [1.29, 1.82) is 0 Å². The highest BCUT2D eigenvalue weighted by molar-refractivity contribution is 5.48. The molecule has 0 aromatic heterocycles. The topological polar surface area (TPSA) is 3.24 Å². The van der Waals surface area contributed by atoms with Crippen molar-refractivity contribution < 1.29 is 0 Å². The Hall–Kier alpha value is -1.76. The fourth-order valence-electron chi connectivity index (χ4n) is 2.59. The largest absolute Gasteiger partial charge is 0.367 e. The summed E-state index contributed by atoms with van der Waals surface area (Å²) in [6, 6.07) is 19.7. The first-order chi connectivity index (χ1) is 10.3. The monoisotopic (exact) mass is 281 g/mol. The summed E-state index contributed by atoms with van der Waals surface area (Å²) in [4.78, 5) is 2.50. The van der Waals surface area contributed by atoms with Gasteiger partial charge in [-0.25, -0.2) is 0 Å². The zero-order chi connectivity index (χ0) is 14.9. The fourth-order valence-corrected chi connectivity index (χ4v) is 2.59. The molecule has 0 N–H and O–H groups in total. The van der Waals surface area contributed by atoms with Crippen molar-refractivity contribution in [3.8, 4) is 0 Å². The van der Waals surface area contributed by atoms with Gasteiger partial charge in [-0.05, 0) is 31.0 Å². The Balaban J connectivity index is 2.04. The van der Waals surface area contributed by atoms with Crippen molar-refractivity contribution in [3.63, 3.8) is 0 Å². The number of aryl methyl sites for hydroxylation is 1. The van der Waals surface area contributed by atoms with Crippen molar-refractivity contribution in [2.24, 2.45) is 0 Å². The van der Waals surface area contributed by atoms with Crippen LogP contribution in [0.15, 0.2) is 54.6 Å². The predicted octanol–water partition coefficient (Wildman–Crippen LogP) is 5.58. The summed E-state index contributed by atoms with van der Waals surface area (Å²) < 4.78 is 0. The van der Waals surface area contributed by atoms with E-state index in [0.717, 1.165) is 13.1 Å². The molecule has 1 heteroatoms. The van der Waals surface area contributed by atoms with Crippen molar-refractivity contribution in [3.05, 3.63) is 65.7 Å². The van der Waals surface area contributed by atoms with Gasteiger partial charge in [0.05, 0.1) is 0 Å². The van der Waals surface area contributed by atoms with Crippen molar-refractivity contribution >= 4 is 5.69 Å². The Morgan fingerprint density at radius 1 is 0.810 bits per heavy atom. The maximum Gasteiger partial charge on any atom is 0.0429 e. The van der Waals surface area contributed by atoms with Crippen LogP contribution in [0.25, 0.3) is 0 Å². The summed E-state index contributed by atoms with van der Waals surface area (Å²) >= 11 is 0. The molecule has 0 amide bonds. The lowest BCUT2D eigenvalue weighted by atomic mass is 10.1. The predicted molar refractivity (Wildman–Crippen MR) is 92.8 cm³/mol. The van der Waals surface area contributed by atoms with Gasteiger partial charge in [-0.2, -0.15) is 0 Å². The lowest BCUT2D eigenvalue weighted by Gasteiger charge is -2.25. The van der Waals surface area contributed by atoms with Crippen LogP contribution in [0.3, 0.4) is 0 Å². The van der Waals surface area contributed by atoms with Gasteiger partial charge in [0.25, 0.3) is 0 Å². The quantitative estimate of drug-likeness (QED) is 0.571. The molecule has 0 saturated heterocycles. The molecule has 2 aromatic rings. The Morgan fingerprint density at radius 2 is 1.52 bits per heavy atom. The average Bonchev–Trinajstić information content (AvgIpc) is 2.52. The number of benzene rings is 2. The fraction of sp³-hybridized carbons (Fsp3) is 0.400. The van der Waals surface area contributed by atoms with E-state index < -0.39 is 0 Å². The molecule has 0 radical (unpaired) electrons. The van der Waals surface area contributed by atoms with E-state index in [1.54, 1.807) is 0 Å². The van der Waals surface area contributed by atoms with Gasteiger partial charge in [0.15, 0.2) is 0 Å². The third-order valence-corrected chi connectivity index (χ3v) is 3.90. The zero-order valence-electron chi connectivity index (χ0n) is 13.4. The minimum Gasteiger partial charge on any atom is -0.367 e. The minimum absolute atomic E-state index is 0.996. The first kappa shape index (κ1) is 15.6. The molecular weight excluding hydrogens is 254 g/mol. The van der Waals surface area contributed by atoms with Gasteiger partial charge < -0.3 is 4.90 Å². The molecule has 0 aliphatic rings. The highest BCUT2D eigenvalue weighted by atomic mass is 15.1. The summed E-state index contributed by atoms with van der Waals surface area (Å²) in [5.74, 6) is 0. The van der Waals surface area contributed by atoms with Crippen molar-refractivity contribution in [2.45, 2.75) is 46.1 Å². The van der Waals surface area contributed by atoms with Gasteiger partial charge in [-0.15, -0.1) is 0 Å². The standard InChI is InChI=1S/C20H27N/c1-3-4-5-9-16-21(17-19-10-7-6-8-11-19)20-14-12-18(2)13-15-20/h6-8,10-15H,3-5,9,16-17H2,1-2H3. The summed E-state index contributed by atoms with van der Waals surface area (Å²) in [7, 11) is 0. The maximum atomic E-state index is 2.50. The Bertz CT molecular complexity index is 501. The van der Waals surface area contributed by atoms with E-state index in [-0.39, 0.29) is 0 Å². The van der Waals surface area contributed by atoms with E-state index in [2.05, 4.69) is 73.3 Å². The molecule has 0 aliphatic carbocycles. The van der Waals surface area contributed by atoms with Crippen LogP contribution in [0.5, 0.6) is 0 Å². The van der Waals surface area contributed by atoms with Crippen LogP contribution in [0, 0.1) is 6.92 Å². The van der Waals surface area contributed by atoms with Gasteiger partial charge in [0, 0.05) is 18.8 Å². The molecule has 0 heterocycles. The Labute approximate surface area is 129 Å². The van der Waals surface area contributed by atoms with Crippen LogP contribution >= 0.6 is 0 Å². The molecule has 0 saturated carbocycles. The third kappa shape index (κ3) is 5.26. The highest BCUT2D eigenvalue weighted by Crippen LogP contribution is 2.19. The van der Waals surface area contributed by atoms with E-state index in [9.17, 15) is 0 Å². The highest BCUT2D eigenvalue weighted by Gasteiger charge is 2.07. The van der Waals surface area contributed by atoms with Crippen LogP contribution in [-0.2, 0) is 6.54 Å². The molecule has 1 nitrogen and oxygen atoms in total. The van der Waals surface area contributed by atoms with E-state index in [4.69, 9.17) is 0 Å². The number of nitrogens with zero attached hydrogens (tertiary/aromatic N) is 1. The van der Waals surface area contributed by atoms with E-state index >= 15 is 0 Å². The number of hydrogen-bond acceptors (Lipinski definition) is 1. The van der Waals surface area contributed by atoms with E-state index in [1.807, 2.05) is 0 Å². The van der Waals surface area contributed by atoms with Gasteiger partial charge in [-0.3, -0.25) is 0 Å². The van der Waals surface area contributed by atoms with Crippen LogP contribution in [0.2, 0.25) is 0 Å². The van der Waals surface area contributed by atoms with Crippen LogP contribution in [-0.4, -0.2) is 6.54 Å². The normalized spacial score (nSPS) is 10.6. The van der Waals surface area contributed by atoms with Gasteiger partial charge in [-0.1, -0.05) is 74.2 Å². The van der Waals surface area contributed by atoms with Crippen molar-refractivity contribution in [2.75, 3.05) is 11.4 Å². The van der Waals surface area contributed by atoms with Crippen LogP contribution < -0.4 is 4.90 Å². The Morgan fingerprint density at radius 3 is 2.19 bits per heavy atom. The average molecular weight is 281 g/mol. The third-order valence-electron chi connectivity index (χ3n) is 3.90. The second-order valence-corrected chi connectivity index (χ2v) is 5.80. The van der Waals surface area contributed by atoms with Gasteiger partial charge in [0.2, 0.25) is 0 Å². The minimum atomic E-state index is 0.996. The SMILES string of the molecule is CCCCCCN(Cc1ccccc1)c1ccc(C)cc1. The molecule has 21 heavy (non-hydrogen) atoms. The Kier molecular flexibility index (Phi) is 6.33.